The third-order valence-electron chi connectivity index (χ3n) is 3.96. The summed E-state index contributed by atoms with van der Waals surface area (Å²) in [6.07, 6.45) is 1.77. The Hall–Kier alpha value is -2.08. The fraction of sp³-hybridized carbons (Fsp3) is 0.190. The Morgan fingerprint density at radius 1 is 1.00 bits per heavy atom. The highest BCUT2D eigenvalue weighted by Gasteiger charge is 2.12. The van der Waals surface area contributed by atoms with E-state index in [2.05, 4.69) is 26.2 Å². The number of benzene rings is 2. The predicted octanol–water partition coefficient (Wildman–Crippen LogP) is 5.37. The maximum Gasteiger partial charge on any atom is 0.175 e. The molecule has 0 aliphatic carbocycles. The molecule has 6 heteroatoms. The van der Waals surface area contributed by atoms with Gasteiger partial charge in [-0.25, -0.2) is 4.98 Å². The molecular weight excluding hydrogens is 428 g/mol. The van der Waals surface area contributed by atoms with Gasteiger partial charge in [0.15, 0.2) is 11.5 Å². The van der Waals surface area contributed by atoms with Gasteiger partial charge in [-0.15, -0.1) is 0 Å². The summed E-state index contributed by atoms with van der Waals surface area (Å²) in [5.74, 6) is 1.40. The van der Waals surface area contributed by atoms with Crippen LogP contribution < -0.4 is 14.8 Å². The van der Waals surface area contributed by atoms with Gasteiger partial charge in [0.25, 0.3) is 0 Å². The average molecular weight is 448 g/mol. The maximum absolute atomic E-state index is 5.97. The van der Waals surface area contributed by atoms with Crippen LogP contribution in [0.5, 0.6) is 11.5 Å². The third kappa shape index (κ3) is 5.70. The van der Waals surface area contributed by atoms with Gasteiger partial charge in [0.1, 0.15) is 11.8 Å². The van der Waals surface area contributed by atoms with Gasteiger partial charge in [-0.2, -0.15) is 0 Å². The summed E-state index contributed by atoms with van der Waals surface area (Å²) < 4.78 is 12.4. The van der Waals surface area contributed by atoms with Crippen molar-refractivity contribution in [3.05, 3.63) is 87.1 Å². The van der Waals surface area contributed by atoms with Crippen molar-refractivity contribution >= 4 is 27.5 Å². The van der Waals surface area contributed by atoms with E-state index in [4.69, 9.17) is 21.1 Å². The third-order valence-corrected chi connectivity index (χ3v) is 4.77. The highest BCUT2D eigenvalue weighted by molar-refractivity contribution is 9.10. The zero-order chi connectivity index (χ0) is 19.1. The molecule has 0 saturated heterocycles. The van der Waals surface area contributed by atoms with Gasteiger partial charge >= 0.3 is 0 Å². The van der Waals surface area contributed by atoms with Crippen molar-refractivity contribution in [3.8, 4) is 11.5 Å². The predicted molar refractivity (Wildman–Crippen MR) is 111 cm³/mol. The molecule has 0 bridgehead atoms. The fourth-order valence-electron chi connectivity index (χ4n) is 2.61. The van der Waals surface area contributed by atoms with Gasteiger partial charge in [0, 0.05) is 19.3 Å². The van der Waals surface area contributed by atoms with Gasteiger partial charge in [0.2, 0.25) is 0 Å². The van der Waals surface area contributed by atoms with E-state index in [0.29, 0.717) is 36.3 Å². The van der Waals surface area contributed by atoms with Crippen LogP contribution in [0.25, 0.3) is 0 Å². The second-order valence-electron chi connectivity index (χ2n) is 5.98. The van der Waals surface area contributed by atoms with Crippen LogP contribution in [0, 0.1) is 0 Å². The molecule has 4 nitrogen and oxygen atoms in total. The van der Waals surface area contributed by atoms with E-state index in [0.717, 1.165) is 21.2 Å². The number of rotatable bonds is 8. The second-order valence-corrected chi connectivity index (χ2v) is 7.22. The molecule has 0 amide bonds. The Bertz CT molecular complexity index is 873. The first-order valence-electron chi connectivity index (χ1n) is 8.50. The Kier molecular flexibility index (Phi) is 7.10. The van der Waals surface area contributed by atoms with Crippen LogP contribution in [0.15, 0.2) is 65.3 Å². The average Bonchev–Trinajstić information content (AvgIpc) is 2.69. The summed E-state index contributed by atoms with van der Waals surface area (Å²) in [5, 5.41) is 3.89. The lowest BCUT2D eigenvalue weighted by atomic mass is 10.2. The zero-order valence-corrected chi connectivity index (χ0v) is 17.3. The first kappa shape index (κ1) is 19.7. The highest BCUT2D eigenvalue weighted by Crippen LogP contribution is 2.37. The Morgan fingerprint density at radius 2 is 1.78 bits per heavy atom. The molecule has 0 saturated carbocycles. The molecule has 0 radical (unpaired) electrons. The van der Waals surface area contributed by atoms with Crippen molar-refractivity contribution in [1.29, 1.82) is 0 Å². The van der Waals surface area contributed by atoms with Crippen LogP contribution in [-0.4, -0.2) is 12.1 Å². The van der Waals surface area contributed by atoms with Gasteiger partial charge in [-0.3, -0.25) is 0 Å². The minimum atomic E-state index is 0.483. The molecule has 0 aliphatic rings. The number of halogens is 2. The number of hydrogen-bond donors (Lipinski definition) is 1. The van der Waals surface area contributed by atoms with Crippen LogP contribution in [0.4, 0.5) is 0 Å². The van der Waals surface area contributed by atoms with E-state index < -0.39 is 0 Å². The molecule has 0 unspecified atom stereocenters. The van der Waals surface area contributed by atoms with E-state index in [1.807, 2.05) is 48.5 Å². The van der Waals surface area contributed by atoms with E-state index >= 15 is 0 Å². The first-order valence-corrected chi connectivity index (χ1v) is 9.67. The molecule has 0 spiro atoms. The minimum absolute atomic E-state index is 0.483. The second kappa shape index (κ2) is 9.74. The summed E-state index contributed by atoms with van der Waals surface area (Å²) in [6, 6.07) is 17.8. The largest absolute Gasteiger partial charge is 0.493 e. The molecule has 0 fully saturated rings. The standard InChI is InChI=1S/C21H20BrClN2O2/c1-26-19-10-17(12-24-11-16-7-8-20(23)25-13-16)9-18(22)21(19)27-14-15-5-3-2-4-6-15/h2-10,13,24H,11-12,14H2,1H3. The van der Waals surface area contributed by atoms with Gasteiger partial charge in [-0.05, 0) is 50.8 Å². The molecule has 3 aromatic rings. The molecule has 27 heavy (non-hydrogen) atoms. The molecule has 2 aromatic carbocycles. The monoisotopic (exact) mass is 446 g/mol. The minimum Gasteiger partial charge on any atom is -0.493 e. The molecule has 1 heterocycles. The lowest BCUT2D eigenvalue weighted by Gasteiger charge is -2.15. The van der Waals surface area contributed by atoms with Crippen LogP contribution >= 0.6 is 27.5 Å². The van der Waals surface area contributed by atoms with Crippen molar-refractivity contribution in [2.75, 3.05) is 7.11 Å². The van der Waals surface area contributed by atoms with Crippen LogP contribution in [-0.2, 0) is 19.7 Å². The summed E-state index contributed by atoms with van der Waals surface area (Å²) in [7, 11) is 1.65. The number of aromatic nitrogens is 1. The zero-order valence-electron chi connectivity index (χ0n) is 14.9. The summed E-state index contributed by atoms with van der Waals surface area (Å²) in [6.45, 7) is 1.88. The number of pyridine rings is 1. The number of nitrogens with one attached hydrogen (secondary N) is 1. The molecule has 3 rings (SSSR count). The van der Waals surface area contributed by atoms with E-state index in [1.165, 1.54) is 0 Å². The highest BCUT2D eigenvalue weighted by atomic mass is 79.9. The quantitative estimate of drug-likeness (QED) is 0.471. The van der Waals surface area contributed by atoms with E-state index in [-0.39, 0.29) is 0 Å². The number of methoxy groups -OCH3 is 1. The van der Waals surface area contributed by atoms with Gasteiger partial charge in [0.05, 0.1) is 11.6 Å². The molecule has 140 valence electrons. The lowest BCUT2D eigenvalue weighted by molar-refractivity contribution is 0.282. The summed E-state index contributed by atoms with van der Waals surface area (Å²) >= 11 is 9.41. The topological polar surface area (TPSA) is 43.4 Å². The van der Waals surface area contributed by atoms with Crippen molar-refractivity contribution in [3.63, 3.8) is 0 Å². The maximum atomic E-state index is 5.97. The summed E-state index contributed by atoms with van der Waals surface area (Å²) in [5.41, 5.74) is 3.27. The molecule has 0 aliphatic heterocycles. The van der Waals surface area contributed by atoms with Crippen molar-refractivity contribution < 1.29 is 9.47 Å². The fourth-order valence-corrected chi connectivity index (χ4v) is 3.32. The normalized spacial score (nSPS) is 10.6. The van der Waals surface area contributed by atoms with E-state index in [1.54, 1.807) is 19.4 Å². The molecule has 0 atom stereocenters. The number of hydrogen-bond acceptors (Lipinski definition) is 4. The molecular formula is C21H20BrClN2O2. The van der Waals surface area contributed by atoms with Gasteiger partial charge in [-0.1, -0.05) is 48.0 Å². The van der Waals surface area contributed by atoms with E-state index in [9.17, 15) is 0 Å². The van der Waals surface area contributed by atoms with Crippen LogP contribution in [0.2, 0.25) is 5.15 Å². The van der Waals surface area contributed by atoms with Crippen LogP contribution in [0.1, 0.15) is 16.7 Å². The van der Waals surface area contributed by atoms with Crippen molar-refractivity contribution in [2.24, 2.45) is 0 Å². The van der Waals surface area contributed by atoms with Crippen LogP contribution in [0.3, 0.4) is 0 Å². The SMILES string of the molecule is COc1cc(CNCc2ccc(Cl)nc2)cc(Br)c1OCc1ccccc1. The Labute approximate surface area is 172 Å². The Morgan fingerprint density at radius 3 is 2.48 bits per heavy atom. The van der Waals surface area contributed by atoms with Gasteiger partial charge < -0.3 is 14.8 Å². The number of ether oxygens (including phenoxy) is 2. The Balaban J connectivity index is 1.63. The summed E-state index contributed by atoms with van der Waals surface area (Å²) in [4.78, 5) is 4.08. The smallest absolute Gasteiger partial charge is 0.175 e. The first-order chi connectivity index (χ1) is 13.2. The number of nitrogens with zero attached hydrogens (tertiary/aromatic N) is 1. The van der Waals surface area contributed by atoms with Crippen molar-refractivity contribution in [2.45, 2.75) is 19.7 Å². The molecule has 1 aromatic heterocycles. The molecule has 1 N–H and O–H groups in total. The van der Waals surface area contributed by atoms with Crippen molar-refractivity contribution in [1.82, 2.24) is 10.3 Å². The lowest BCUT2D eigenvalue weighted by Crippen LogP contribution is -2.13.